The standard InChI is InChI=1S/C13H17NO4/c1-8(13(17)18)7-14(3)12(16)10-5-4-6-11(15)9(10)2/h4-6,8,15H,7H2,1-3H3,(H,17,18). The van der Waals surface area contributed by atoms with Gasteiger partial charge in [0, 0.05) is 24.7 Å². The number of carbonyl (C=O) groups excluding carboxylic acids is 1. The number of hydrogen-bond donors (Lipinski definition) is 2. The number of carbonyl (C=O) groups is 2. The molecule has 0 radical (unpaired) electrons. The maximum absolute atomic E-state index is 12.1. The van der Waals surface area contributed by atoms with Crippen molar-refractivity contribution in [3.05, 3.63) is 29.3 Å². The van der Waals surface area contributed by atoms with Crippen molar-refractivity contribution in [3.63, 3.8) is 0 Å². The first kappa shape index (κ1) is 14.0. The Morgan fingerprint density at radius 2 is 2.00 bits per heavy atom. The molecule has 1 aromatic rings. The van der Waals surface area contributed by atoms with Crippen molar-refractivity contribution in [1.29, 1.82) is 0 Å². The van der Waals surface area contributed by atoms with Crippen LogP contribution >= 0.6 is 0 Å². The predicted molar refractivity (Wildman–Crippen MR) is 66.6 cm³/mol. The van der Waals surface area contributed by atoms with E-state index in [1.165, 1.54) is 11.0 Å². The van der Waals surface area contributed by atoms with E-state index in [2.05, 4.69) is 0 Å². The average molecular weight is 251 g/mol. The molecule has 0 aliphatic heterocycles. The fourth-order valence-corrected chi connectivity index (χ4v) is 1.63. The first-order valence-corrected chi connectivity index (χ1v) is 5.61. The lowest BCUT2D eigenvalue weighted by atomic mass is 10.1. The third kappa shape index (κ3) is 3.00. The molecule has 0 fully saturated rings. The summed E-state index contributed by atoms with van der Waals surface area (Å²) in [6, 6.07) is 4.70. The molecule has 1 aromatic carbocycles. The summed E-state index contributed by atoms with van der Waals surface area (Å²) in [6.07, 6.45) is 0. The third-order valence-corrected chi connectivity index (χ3v) is 2.85. The Morgan fingerprint density at radius 1 is 1.39 bits per heavy atom. The number of rotatable bonds is 4. The third-order valence-electron chi connectivity index (χ3n) is 2.85. The highest BCUT2D eigenvalue weighted by molar-refractivity contribution is 5.96. The van der Waals surface area contributed by atoms with Crippen molar-refractivity contribution in [3.8, 4) is 5.75 Å². The van der Waals surface area contributed by atoms with Gasteiger partial charge in [0.25, 0.3) is 5.91 Å². The van der Waals surface area contributed by atoms with E-state index in [4.69, 9.17) is 5.11 Å². The number of nitrogens with zero attached hydrogens (tertiary/aromatic N) is 1. The summed E-state index contributed by atoms with van der Waals surface area (Å²) in [5.74, 6) is -1.81. The summed E-state index contributed by atoms with van der Waals surface area (Å²) >= 11 is 0. The lowest BCUT2D eigenvalue weighted by molar-refractivity contribution is -0.141. The van der Waals surface area contributed by atoms with Crippen molar-refractivity contribution in [2.75, 3.05) is 13.6 Å². The Hall–Kier alpha value is -2.04. The Morgan fingerprint density at radius 3 is 2.56 bits per heavy atom. The van der Waals surface area contributed by atoms with Gasteiger partial charge < -0.3 is 15.1 Å². The lowest BCUT2D eigenvalue weighted by Crippen LogP contribution is -2.34. The molecule has 1 atom stereocenters. The van der Waals surface area contributed by atoms with Gasteiger partial charge >= 0.3 is 5.97 Å². The van der Waals surface area contributed by atoms with Crippen LogP contribution in [-0.2, 0) is 4.79 Å². The number of aromatic hydroxyl groups is 1. The predicted octanol–water partition coefficient (Wildman–Crippen LogP) is 1.49. The van der Waals surface area contributed by atoms with Crippen LogP contribution < -0.4 is 0 Å². The van der Waals surface area contributed by atoms with Crippen LogP contribution in [0.2, 0.25) is 0 Å². The van der Waals surface area contributed by atoms with Crippen molar-refractivity contribution >= 4 is 11.9 Å². The van der Waals surface area contributed by atoms with Crippen LogP contribution in [0.15, 0.2) is 18.2 Å². The number of hydrogen-bond acceptors (Lipinski definition) is 3. The lowest BCUT2D eigenvalue weighted by Gasteiger charge is -2.20. The number of phenols is 1. The highest BCUT2D eigenvalue weighted by Crippen LogP contribution is 2.20. The van der Waals surface area contributed by atoms with Crippen LogP contribution in [0.3, 0.4) is 0 Å². The number of carboxylic acids is 1. The van der Waals surface area contributed by atoms with Gasteiger partial charge in [-0.25, -0.2) is 0 Å². The molecule has 0 aliphatic carbocycles. The molecule has 2 N–H and O–H groups in total. The van der Waals surface area contributed by atoms with Crippen LogP contribution in [0, 0.1) is 12.8 Å². The van der Waals surface area contributed by atoms with Crippen LogP contribution in [0.1, 0.15) is 22.8 Å². The molecule has 98 valence electrons. The fraction of sp³-hybridized carbons (Fsp3) is 0.385. The fourth-order valence-electron chi connectivity index (χ4n) is 1.63. The normalized spacial score (nSPS) is 11.9. The molecule has 5 nitrogen and oxygen atoms in total. The van der Waals surface area contributed by atoms with E-state index in [0.29, 0.717) is 11.1 Å². The maximum Gasteiger partial charge on any atom is 0.308 e. The largest absolute Gasteiger partial charge is 0.508 e. The SMILES string of the molecule is Cc1c(O)cccc1C(=O)N(C)CC(C)C(=O)O. The molecule has 0 aliphatic rings. The molecule has 0 saturated heterocycles. The van der Waals surface area contributed by atoms with Crippen molar-refractivity contribution in [2.45, 2.75) is 13.8 Å². The van der Waals surface area contributed by atoms with Crippen molar-refractivity contribution in [2.24, 2.45) is 5.92 Å². The van der Waals surface area contributed by atoms with E-state index < -0.39 is 11.9 Å². The number of aliphatic carboxylic acids is 1. The summed E-state index contributed by atoms with van der Waals surface area (Å²) in [4.78, 5) is 24.2. The van der Waals surface area contributed by atoms with E-state index in [1.54, 1.807) is 33.0 Å². The highest BCUT2D eigenvalue weighted by Gasteiger charge is 2.20. The molecule has 1 unspecified atom stereocenters. The smallest absolute Gasteiger partial charge is 0.308 e. The number of carboxylic acid groups (broad SMARTS) is 1. The number of benzene rings is 1. The number of phenolic OH excluding ortho intramolecular Hbond substituents is 1. The second-order valence-electron chi connectivity index (χ2n) is 4.37. The van der Waals surface area contributed by atoms with Gasteiger partial charge in [0.1, 0.15) is 5.75 Å². The van der Waals surface area contributed by atoms with Crippen LogP contribution in [0.5, 0.6) is 5.75 Å². The van der Waals surface area contributed by atoms with Gasteiger partial charge in [-0.05, 0) is 19.1 Å². The summed E-state index contributed by atoms with van der Waals surface area (Å²) in [5.41, 5.74) is 0.882. The zero-order valence-electron chi connectivity index (χ0n) is 10.7. The van der Waals surface area contributed by atoms with Crippen molar-refractivity contribution < 1.29 is 19.8 Å². The molecule has 18 heavy (non-hydrogen) atoms. The van der Waals surface area contributed by atoms with Crippen molar-refractivity contribution in [1.82, 2.24) is 4.90 Å². The topological polar surface area (TPSA) is 77.8 Å². The van der Waals surface area contributed by atoms with Gasteiger partial charge in [-0.15, -0.1) is 0 Å². The summed E-state index contributed by atoms with van der Waals surface area (Å²) in [5, 5.41) is 18.3. The van der Waals surface area contributed by atoms with Crippen LogP contribution in [0.4, 0.5) is 0 Å². The first-order chi connectivity index (χ1) is 8.34. The van der Waals surface area contributed by atoms with Crippen LogP contribution in [0.25, 0.3) is 0 Å². The van der Waals surface area contributed by atoms with E-state index in [9.17, 15) is 14.7 Å². The van der Waals surface area contributed by atoms with E-state index in [-0.39, 0.29) is 18.2 Å². The minimum Gasteiger partial charge on any atom is -0.508 e. The van der Waals surface area contributed by atoms with E-state index in [1.807, 2.05) is 0 Å². The van der Waals surface area contributed by atoms with Gasteiger partial charge in [-0.2, -0.15) is 0 Å². The molecule has 0 bridgehead atoms. The average Bonchev–Trinajstić information content (AvgIpc) is 2.31. The summed E-state index contributed by atoms with van der Waals surface area (Å²) < 4.78 is 0. The number of amides is 1. The molecule has 5 heteroatoms. The van der Waals surface area contributed by atoms with Gasteiger partial charge in [0.2, 0.25) is 0 Å². The van der Waals surface area contributed by atoms with Gasteiger partial charge in [-0.1, -0.05) is 13.0 Å². The molecule has 1 amide bonds. The second kappa shape index (κ2) is 5.53. The van der Waals surface area contributed by atoms with Gasteiger partial charge in [0.05, 0.1) is 5.92 Å². The first-order valence-electron chi connectivity index (χ1n) is 5.61. The minimum absolute atomic E-state index is 0.0560. The highest BCUT2D eigenvalue weighted by atomic mass is 16.4. The summed E-state index contributed by atoms with van der Waals surface area (Å²) in [6.45, 7) is 3.32. The maximum atomic E-state index is 12.1. The molecular weight excluding hydrogens is 234 g/mol. The molecular formula is C13H17NO4. The van der Waals surface area contributed by atoms with Crippen LogP contribution in [-0.4, -0.2) is 40.6 Å². The molecule has 0 saturated carbocycles. The Labute approximate surface area is 106 Å². The van der Waals surface area contributed by atoms with Gasteiger partial charge in [0.15, 0.2) is 0 Å². The molecule has 0 heterocycles. The Kier molecular flexibility index (Phi) is 4.31. The monoisotopic (exact) mass is 251 g/mol. The van der Waals surface area contributed by atoms with E-state index in [0.717, 1.165) is 0 Å². The quantitative estimate of drug-likeness (QED) is 0.850. The molecule has 0 aromatic heterocycles. The second-order valence-corrected chi connectivity index (χ2v) is 4.37. The molecule has 1 rings (SSSR count). The molecule has 0 spiro atoms. The summed E-state index contributed by atoms with van der Waals surface area (Å²) in [7, 11) is 1.55. The zero-order valence-corrected chi connectivity index (χ0v) is 10.7. The zero-order chi connectivity index (χ0) is 13.9. The minimum atomic E-state index is -0.942. The Bertz CT molecular complexity index is 470. The van der Waals surface area contributed by atoms with Gasteiger partial charge in [-0.3, -0.25) is 9.59 Å². The Balaban J connectivity index is 2.87. The van der Waals surface area contributed by atoms with E-state index >= 15 is 0 Å².